The Kier molecular flexibility index (Phi) is 6.26. The third kappa shape index (κ3) is 4.45. The molecule has 0 radical (unpaired) electrons. The number of non-ortho nitro benzene ring substituents is 1. The summed E-state index contributed by atoms with van der Waals surface area (Å²) in [6, 6.07) is 5.96. The highest BCUT2D eigenvalue weighted by atomic mass is 16.6. The highest BCUT2D eigenvalue weighted by molar-refractivity contribution is 6.16. The van der Waals surface area contributed by atoms with Gasteiger partial charge in [-0.05, 0) is 50.7 Å². The predicted molar refractivity (Wildman–Crippen MR) is 109 cm³/mol. The van der Waals surface area contributed by atoms with E-state index in [0.717, 1.165) is 19.3 Å². The Bertz CT molecular complexity index is 942. The van der Waals surface area contributed by atoms with Crippen molar-refractivity contribution >= 4 is 23.6 Å². The van der Waals surface area contributed by atoms with Gasteiger partial charge in [0.15, 0.2) is 0 Å². The molecule has 29 heavy (non-hydrogen) atoms. The molecule has 2 aliphatic rings. The van der Waals surface area contributed by atoms with Crippen LogP contribution in [0.2, 0.25) is 0 Å². The normalized spacial score (nSPS) is 18.3. The summed E-state index contributed by atoms with van der Waals surface area (Å²) in [6.45, 7) is 2.22. The number of ether oxygens (including phenoxy) is 1. The SMILES string of the molecule is COC(=O)C1=C(C)N(CCC2=CCCCC2)C(=O)C1=Cc1cccc([N+](=O)[O-])c1. The minimum Gasteiger partial charge on any atom is -0.465 e. The maximum atomic E-state index is 13.1. The third-order valence-electron chi connectivity index (χ3n) is 5.33. The number of nitro benzene ring substituents is 1. The van der Waals surface area contributed by atoms with Crippen LogP contribution in [0.3, 0.4) is 0 Å². The molecule has 0 saturated heterocycles. The van der Waals surface area contributed by atoms with Gasteiger partial charge in [-0.2, -0.15) is 0 Å². The molecule has 3 rings (SSSR count). The average Bonchev–Trinajstić information content (AvgIpc) is 2.96. The number of benzene rings is 1. The van der Waals surface area contributed by atoms with Crippen LogP contribution in [0.4, 0.5) is 5.69 Å². The van der Waals surface area contributed by atoms with Gasteiger partial charge in [0.25, 0.3) is 11.6 Å². The van der Waals surface area contributed by atoms with E-state index < -0.39 is 10.9 Å². The molecular formula is C22H24N2O5. The number of methoxy groups -OCH3 is 1. The number of nitro groups is 1. The van der Waals surface area contributed by atoms with E-state index in [1.807, 2.05) is 0 Å². The van der Waals surface area contributed by atoms with Crippen molar-refractivity contribution in [2.75, 3.05) is 13.7 Å². The van der Waals surface area contributed by atoms with Crippen LogP contribution < -0.4 is 0 Å². The van der Waals surface area contributed by atoms with Gasteiger partial charge in [0.2, 0.25) is 0 Å². The van der Waals surface area contributed by atoms with Gasteiger partial charge < -0.3 is 9.64 Å². The third-order valence-corrected chi connectivity index (χ3v) is 5.33. The molecule has 0 saturated carbocycles. The number of carbonyl (C=O) groups excluding carboxylic acids is 2. The van der Waals surface area contributed by atoms with Crippen LogP contribution in [0.5, 0.6) is 0 Å². The Labute approximate surface area is 169 Å². The van der Waals surface area contributed by atoms with E-state index in [1.165, 1.54) is 43.7 Å². The van der Waals surface area contributed by atoms with Crippen molar-refractivity contribution in [3.63, 3.8) is 0 Å². The van der Waals surface area contributed by atoms with Gasteiger partial charge in [-0.3, -0.25) is 14.9 Å². The van der Waals surface area contributed by atoms with E-state index in [1.54, 1.807) is 24.0 Å². The molecule has 7 nitrogen and oxygen atoms in total. The van der Waals surface area contributed by atoms with E-state index in [9.17, 15) is 19.7 Å². The van der Waals surface area contributed by atoms with Gasteiger partial charge >= 0.3 is 5.97 Å². The summed E-state index contributed by atoms with van der Waals surface area (Å²) in [5.41, 5.74) is 2.71. The van der Waals surface area contributed by atoms with Gasteiger partial charge in [-0.25, -0.2) is 4.79 Å². The first-order valence-corrected chi connectivity index (χ1v) is 9.68. The molecule has 0 spiro atoms. The lowest BCUT2D eigenvalue weighted by Gasteiger charge is -2.20. The maximum absolute atomic E-state index is 13.1. The van der Waals surface area contributed by atoms with Crippen molar-refractivity contribution in [2.45, 2.75) is 39.0 Å². The lowest BCUT2D eigenvalue weighted by molar-refractivity contribution is -0.384. The van der Waals surface area contributed by atoms with E-state index in [-0.39, 0.29) is 22.7 Å². The second-order valence-corrected chi connectivity index (χ2v) is 7.18. The monoisotopic (exact) mass is 396 g/mol. The summed E-state index contributed by atoms with van der Waals surface area (Å²) in [4.78, 5) is 37.6. The lowest BCUT2D eigenvalue weighted by Crippen LogP contribution is -2.26. The zero-order valence-corrected chi connectivity index (χ0v) is 16.6. The Balaban J connectivity index is 1.92. The van der Waals surface area contributed by atoms with Gasteiger partial charge in [0, 0.05) is 24.4 Å². The van der Waals surface area contributed by atoms with Crippen molar-refractivity contribution in [2.24, 2.45) is 0 Å². The van der Waals surface area contributed by atoms with E-state index in [4.69, 9.17) is 4.74 Å². The van der Waals surface area contributed by atoms with Crippen molar-refractivity contribution in [1.82, 2.24) is 4.90 Å². The Morgan fingerprint density at radius 1 is 1.34 bits per heavy atom. The number of rotatable bonds is 6. The quantitative estimate of drug-likeness (QED) is 0.237. The fraction of sp³-hybridized carbons (Fsp3) is 0.364. The Morgan fingerprint density at radius 3 is 2.79 bits per heavy atom. The summed E-state index contributed by atoms with van der Waals surface area (Å²) < 4.78 is 4.89. The highest BCUT2D eigenvalue weighted by Crippen LogP contribution is 2.33. The molecule has 0 bridgehead atoms. The van der Waals surface area contributed by atoms with Gasteiger partial charge in [0.1, 0.15) is 0 Å². The van der Waals surface area contributed by atoms with Crippen molar-refractivity contribution < 1.29 is 19.2 Å². The molecule has 0 unspecified atom stereocenters. The van der Waals surface area contributed by atoms with Gasteiger partial charge in [0.05, 0.1) is 23.2 Å². The smallest absolute Gasteiger partial charge is 0.340 e. The molecule has 1 amide bonds. The summed E-state index contributed by atoms with van der Waals surface area (Å²) >= 11 is 0. The van der Waals surface area contributed by atoms with Crippen LogP contribution in [0, 0.1) is 10.1 Å². The fourth-order valence-corrected chi connectivity index (χ4v) is 3.78. The van der Waals surface area contributed by atoms with Crippen LogP contribution in [0.25, 0.3) is 6.08 Å². The van der Waals surface area contributed by atoms with E-state index >= 15 is 0 Å². The van der Waals surface area contributed by atoms with E-state index in [0.29, 0.717) is 17.8 Å². The minimum absolute atomic E-state index is 0.0776. The lowest BCUT2D eigenvalue weighted by atomic mass is 9.97. The Hall–Kier alpha value is -3.22. The number of hydrogen-bond donors (Lipinski definition) is 0. The van der Waals surface area contributed by atoms with Crippen LogP contribution in [0.15, 0.2) is 52.8 Å². The largest absolute Gasteiger partial charge is 0.465 e. The average molecular weight is 396 g/mol. The van der Waals surface area contributed by atoms with Crippen LogP contribution in [0.1, 0.15) is 44.6 Å². The second-order valence-electron chi connectivity index (χ2n) is 7.18. The Morgan fingerprint density at radius 2 is 2.14 bits per heavy atom. The van der Waals surface area contributed by atoms with Crippen molar-refractivity contribution in [3.8, 4) is 0 Å². The van der Waals surface area contributed by atoms with Crippen LogP contribution >= 0.6 is 0 Å². The molecule has 152 valence electrons. The molecule has 1 aliphatic carbocycles. The molecule has 1 aromatic carbocycles. The number of allylic oxidation sites excluding steroid dienone is 2. The highest BCUT2D eigenvalue weighted by Gasteiger charge is 2.36. The molecule has 1 aliphatic heterocycles. The van der Waals surface area contributed by atoms with Crippen LogP contribution in [-0.4, -0.2) is 35.4 Å². The standard InChI is InChI=1S/C22H24N2O5/c1-15-20(22(26)29-2)19(14-17-9-6-10-18(13-17)24(27)28)21(25)23(15)12-11-16-7-4-3-5-8-16/h6-7,9-10,13-14H,3-5,8,11-12H2,1-2H3. The summed E-state index contributed by atoms with van der Waals surface area (Å²) in [6.07, 6.45) is 9.01. The number of nitrogens with zero attached hydrogens (tertiary/aromatic N) is 2. The summed E-state index contributed by atoms with van der Waals surface area (Å²) in [7, 11) is 1.27. The van der Waals surface area contributed by atoms with Crippen molar-refractivity contribution in [3.05, 3.63) is 68.4 Å². The van der Waals surface area contributed by atoms with Gasteiger partial charge in [-0.1, -0.05) is 23.8 Å². The molecular weight excluding hydrogens is 372 g/mol. The van der Waals surface area contributed by atoms with Crippen LogP contribution in [-0.2, 0) is 14.3 Å². The fourth-order valence-electron chi connectivity index (χ4n) is 3.78. The summed E-state index contributed by atoms with van der Waals surface area (Å²) in [5, 5.41) is 11.0. The number of hydrogen-bond acceptors (Lipinski definition) is 5. The zero-order valence-electron chi connectivity index (χ0n) is 16.6. The minimum atomic E-state index is -0.591. The number of esters is 1. The van der Waals surface area contributed by atoms with E-state index in [2.05, 4.69) is 6.08 Å². The molecule has 1 heterocycles. The van der Waals surface area contributed by atoms with Crippen molar-refractivity contribution in [1.29, 1.82) is 0 Å². The first kappa shape index (κ1) is 20.5. The first-order valence-electron chi connectivity index (χ1n) is 9.68. The molecule has 0 fully saturated rings. The number of amides is 1. The molecule has 1 aromatic rings. The van der Waals surface area contributed by atoms with Gasteiger partial charge in [-0.15, -0.1) is 0 Å². The molecule has 7 heteroatoms. The first-order chi connectivity index (χ1) is 13.9. The predicted octanol–water partition coefficient (Wildman–Crippen LogP) is 4.16. The number of carbonyl (C=O) groups is 2. The molecule has 0 aromatic heterocycles. The topological polar surface area (TPSA) is 89.8 Å². The zero-order chi connectivity index (χ0) is 21.0. The molecule has 0 atom stereocenters. The summed E-state index contributed by atoms with van der Waals surface area (Å²) in [5.74, 6) is -0.877. The maximum Gasteiger partial charge on any atom is 0.340 e. The second kappa shape index (κ2) is 8.86. The molecule has 0 N–H and O–H groups in total.